The summed E-state index contributed by atoms with van der Waals surface area (Å²) in [4.78, 5) is 15.0. The van der Waals surface area contributed by atoms with Gasteiger partial charge in [0, 0.05) is 44.7 Å². The SMILES string of the molecule is CC(=O)N1CCC(CN(C)CC(O)c2ccc(F)cc2F)C1. The Kier molecular flexibility index (Phi) is 5.47. The van der Waals surface area contributed by atoms with Crippen LogP contribution in [-0.2, 0) is 4.79 Å². The third-order valence-electron chi connectivity index (χ3n) is 4.11. The van der Waals surface area contributed by atoms with Crippen molar-refractivity contribution in [3.05, 3.63) is 35.4 Å². The van der Waals surface area contributed by atoms with E-state index in [9.17, 15) is 18.7 Å². The second-order valence-electron chi connectivity index (χ2n) is 6.02. The molecule has 2 unspecified atom stereocenters. The van der Waals surface area contributed by atoms with Crippen molar-refractivity contribution < 1.29 is 18.7 Å². The van der Waals surface area contributed by atoms with Crippen molar-refractivity contribution in [2.45, 2.75) is 19.4 Å². The van der Waals surface area contributed by atoms with E-state index in [0.717, 1.165) is 38.2 Å². The van der Waals surface area contributed by atoms with Crippen LogP contribution < -0.4 is 0 Å². The number of benzene rings is 1. The second kappa shape index (κ2) is 7.15. The number of nitrogens with zero attached hydrogens (tertiary/aromatic N) is 2. The van der Waals surface area contributed by atoms with Crippen molar-refractivity contribution in [1.29, 1.82) is 0 Å². The number of carbonyl (C=O) groups is 1. The zero-order valence-corrected chi connectivity index (χ0v) is 12.9. The van der Waals surface area contributed by atoms with Gasteiger partial charge in [0.05, 0.1) is 6.10 Å². The first-order valence-corrected chi connectivity index (χ1v) is 7.44. The third kappa shape index (κ3) is 4.24. The van der Waals surface area contributed by atoms with Gasteiger partial charge in [-0.15, -0.1) is 0 Å². The highest BCUT2D eigenvalue weighted by Gasteiger charge is 2.26. The van der Waals surface area contributed by atoms with Gasteiger partial charge < -0.3 is 14.9 Å². The summed E-state index contributed by atoms with van der Waals surface area (Å²) in [6.07, 6.45) is -0.0683. The van der Waals surface area contributed by atoms with Crippen molar-refractivity contribution in [1.82, 2.24) is 9.80 Å². The smallest absolute Gasteiger partial charge is 0.219 e. The van der Waals surface area contributed by atoms with Gasteiger partial charge in [-0.05, 0) is 25.5 Å². The lowest BCUT2D eigenvalue weighted by atomic mass is 10.1. The minimum absolute atomic E-state index is 0.0820. The van der Waals surface area contributed by atoms with Crippen LogP contribution in [0.25, 0.3) is 0 Å². The van der Waals surface area contributed by atoms with Crippen LogP contribution >= 0.6 is 0 Å². The first-order valence-electron chi connectivity index (χ1n) is 7.44. The largest absolute Gasteiger partial charge is 0.387 e. The van der Waals surface area contributed by atoms with E-state index in [0.29, 0.717) is 5.92 Å². The Hall–Kier alpha value is -1.53. The molecule has 1 heterocycles. The maximum absolute atomic E-state index is 13.6. The zero-order chi connectivity index (χ0) is 16.3. The van der Waals surface area contributed by atoms with Crippen LogP contribution in [0.4, 0.5) is 8.78 Å². The lowest BCUT2D eigenvalue weighted by molar-refractivity contribution is -0.127. The average Bonchev–Trinajstić information content (AvgIpc) is 2.86. The topological polar surface area (TPSA) is 43.8 Å². The van der Waals surface area contributed by atoms with Gasteiger partial charge in [0.1, 0.15) is 11.6 Å². The summed E-state index contributed by atoms with van der Waals surface area (Å²) >= 11 is 0. The molecule has 22 heavy (non-hydrogen) atoms. The van der Waals surface area contributed by atoms with Crippen LogP contribution in [0.1, 0.15) is 25.0 Å². The number of hydrogen-bond donors (Lipinski definition) is 1. The van der Waals surface area contributed by atoms with E-state index < -0.39 is 17.7 Å². The van der Waals surface area contributed by atoms with Crippen molar-refractivity contribution in [3.63, 3.8) is 0 Å². The minimum Gasteiger partial charge on any atom is -0.387 e. The molecule has 1 N–H and O–H groups in total. The van der Waals surface area contributed by atoms with Crippen molar-refractivity contribution in [3.8, 4) is 0 Å². The van der Waals surface area contributed by atoms with Crippen molar-refractivity contribution in [2.24, 2.45) is 5.92 Å². The molecule has 0 saturated carbocycles. The van der Waals surface area contributed by atoms with Crippen LogP contribution in [0.15, 0.2) is 18.2 Å². The normalized spacial score (nSPS) is 19.7. The van der Waals surface area contributed by atoms with Crippen LogP contribution in [0.2, 0.25) is 0 Å². The predicted octanol–water partition coefficient (Wildman–Crippen LogP) is 1.80. The Morgan fingerprint density at radius 1 is 1.50 bits per heavy atom. The first-order chi connectivity index (χ1) is 10.4. The molecule has 1 aromatic carbocycles. The Morgan fingerprint density at radius 3 is 2.82 bits per heavy atom. The van der Waals surface area contributed by atoms with E-state index in [1.54, 1.807) is 6.92 Å². The number of halogens is 2. The Labute approximate surface area is 129 Å². The molecule has 0 bridgehead atoms. The number of likely N-dealkylation sites (tertiary alicyclic amines) is 1. The molecule has 1 aliphatic heterocycles. The van der Waals surface area contributed by atoms with E-state index in [-0.39, 0.29) is 18.0 Å². The molecule has 0 spiro atoms. The van der Waals surface area contributed by atoms with Gasteiger partial charge in [0.25, 0.3) is 0 Å². The molecule has 0 radical (unpaired) electrons. The van der Waals surface area contributed by atoms with Gasteiger partial charge in [0.2, 0.25) is 5.91 Å². The molecule has 1 aliphatic rings. The molecule has 1 aromatic rings. The molecular weight excluding hydrogens is 290 g/mol. The minimum atomic E-state index is -1.00. The number of aliphatic hydroxyl groups is 1. The Balaban J connectivity index is 1.86. The number of likely N-dealkylation sites (N-methyl/N-ethyl adjacent to an activating group) is 1. The quantitative estimate of drug-likeness (QED) is 0.901. The summed E-state index contributed by atoms with van der Waals surface area (Å²) in [5, 5.41) is 10.1. The Morgan fingerprint density at radius 2 is 2.23 bits per heavy atom. The van der Waals surface area contributed by atoms with Crippen LogP contribution in [0, 0.1) is 17.6 Å². The summed E-state index contributed by atoms with van der Waals surface area (Å²) in [6, 6.07) is 3.19. The first kappa shape index (κ1) is 16.8. The Bertz CT molecular complexity index is 539. The van der Waals surface area contributed by atoms with Gasteiger partial charge >= 0.3 is 0 Å². The summed E-state index contributed by atoms with van der Waals surface area (Å²) in [6.45, 7) is 4.04. The van der Waals surface area contributed by atoms with Crippen molar-refractivity contribution in [2.75, 3.05) is 33.2 Å². The molecule has 1 amide bonds. The van der Waals surface area contributed by atoms with E-state index >= 15 is 0 Å². The monoisotopic (exact) mass is 312 g/mol. The summed E-state index contributed by atoms with van der Waals surface area (Å²) < 4.78 is 26.5. The standard InChI is InChI=1S/C16H22F2N2O2/c1-11(21)20-6-5-12(9-20)8-19(2)10-16(22)14-4-3-13(17)7-15(14)18/h3-4,7,12,16,22H,5-6,8-10H2,1-2H3. The molecule has 0 aromatic heterocycles. The fourth-order valence-electron chi connectivity index (χ4n) is 2.95. The van der Waals surface area contributed by atoms with Gasteiger partial charge in [0.15, 0.2) is 0 Å². The van der Waals surface area contributed by atoms with Crippen LogP contribution in [0.5, 0.6) is 0 Å². The number of amides is 1. The molecule has 4 nitrogen and oxygen atoms in total. The third-order valence-corrected chi connectivity index (χ3v) is 4.11. The summed E-state index contributed by atoms with van der Waals surface area (Å²) in [5.74, 6) is -0.945. The molecule has 6 heteroatoms. The number of carbonyl (C=O) groups excluding carboxylic acids is 1. The maximum atomic E-state index is 13.6. The zero-order valence-electron chi connectivity index (χ0n) is 12.9. The van der Waals surface area contributed by atoms with Gasteiger partial charge in [-0.2, -0.15) is 0 Å². The number of hydrogen-bond acceptors (Lipinski definition) is 3. The van der Waals surface area contributed by atoms with Crippen LogP contribution in [-0.4, -0.2) is 54.0 Å². The van der Waals surface area contributed by atoms with Gasteiger partial charge in [-0.3, -0.25) is 4.79 Å². The van der Waals surface area contributed by atoms with E-state index in [4.69, 9.17) is 0 Å². The van der Waals surface area contributed by atoms with Gasteiger partial charge in [-0.1, -0.05) is 6.07 Å². The fraction of sp³-hybridized carbons (Fsp3) is 0.562. The fourth-order valence-corrected chi connectivity index (χ4v) is 2.95. The molecular formula is C16H22F2N2O2. The van der Waals surface area contributed by atoms with E-state index in [1.165, 1.54) is 6.07 Å². The molecule has 2 atom stereocenters. The van der Waals surface area contributed by atoms with E-state index in [2.05, 4.69) is 0 Å². The molecule has 2 rings (SSSR count). The molecule has 0 aliphatic carbocycles. The second-order valence-corrected chi connectivity index (χ2v) is 6.02. The van der Waals surface area contributed by atoms with Crippen molar-refractivity contribution >= 4 is 5.91 Å². The summed E-state index contributed by atoms with van der Waals surface area (Å²) in [5.41, 5.74) is 0.102. The maximum Gasteiger partial charge on any atom is 0.219 e. The lowest BCUT2D eigenvalue weighted by Gasteiger charge is -2.24. The number of rotatable bonds is 5. The van der Waals surface area contributed by atoms with Crippen LogP contribution in [0.3, 0.4) is 0 Å². The molecule has 122 valence electrons. The molecule has 1 fully saturated rings. The summed E-state index contributed by atoms with van der Waals surface area (Å²) in [7, 11) is 1.85. The van der Waals surface area contributed by atoms with E-state index in [1.807, 2.05) is 16.8 Å². The lowest BCUT2D eigenvalue weighted by Crippen LogP contribution is -2.32. The van der Waals surface area contributed by atoms with Gasteiger partial charge in [-0.25, -0.2) is 8.78 Å². The predicted molar refractivity (Wildman–Crippen MR) is 79.2 cm³/mol. The number of aliphatic hydroxyl groups excluding tert-OH is 1. The molecule has 1 saturated heterocycles. The highest BCUT2D eigenvalue weighted by atomic mass is 19.1. The highest BCUT2D eigenvalue weighted by molar-refractivity contribution is 5.73. The highest BCUT2D eigenvalue weighted by Crippen LogP contribution is 2.21. The average molecular weight is 312 g/mol.